The molecule has 0 unspecified atom stereocenters. The first-order chi connectivity index (χ1) is 5.04. The maximum Gasteiger partial charge on any atom is 0.239 e. The Morgan fingerprint density at radius 1 is 1.45 bits per heavy atom. The maximum atomic E-state index is 10.8. The second-order valence-electron chi connectivity index (χ2n) is 1.85. The van der Waals surface area contributed by atoms with Crippen molar-refractivity contribution in [2.45, 2.75) is 0 Å². The highest BCUT2D eigenvalue weighted by Crippen LogP contribution is 2.25. The Balaban J connectivity index is 3.19. The molecule has 11 heavy (non-hydrogen) atoms. The third-order valence-electron chi connectivity index (χ3n) is 1.11. The molecule has 0 saturated heterocycles. The molecular formula is C6H2ClIO3. The Bertz CT molecular complexity index is 303. The topological polar surface area (TPSA) is 54.4 Å². The smallest absolute Gasteiger partial charge is 0.239 e. The number of carbonyl (C=O) groups is 2. The van der Waals surface area contributed by atoms with E-state index in [0.29, 0.717) is 0 Å². The maximum absolute atomic E-state index is 10.8. The summed E-state index contributed by atoms with van der Waals surface area (Å²) in [6.07, 6.45) is 0.857. The third kappa shape index (κ3) is 1.46. The van der Waals surface area contributed by atoms with Gasteiger partial charge in [0.15, 0.2) is 11.5 Å². The van der Waals surface area contributed by atoms with Crippen LogP contribution in [0.3, 0.4) is 0 Å². The van der Waals surface area contributed by atoms with Gasteiger partial charge in [-0.15, -0.1) is 0 Å². The lowest BCUT2D eigenvalue weighted by Gasteiger charge is -2.05. The summed E-state index contributed by atoms with van der Waals surface area (Å²) in [5.74, 6) is -1.73. The molecule has 1 rings (SSSR count). The van der Waals surface area contributed by atoms with Crippen molar-refractivity contribution in [1.29, 1.82) is 0 Å². The molecule has 0 atom stereocenters. The largest absolute Gasteiger partial charge is 0.504 e. The normalized spacial score (nSPS) is 18.9. The van der Waals surface area contributed by atoms with Crippen LogP contribution in [0.1, 0.15) is 0 Å². The predicted molar refractivity (Wildman–Crippen MR) is 47.6 cm³/mol. The molecule has 0 amide bonds. The second kappa shape index (κ2) is 2.94. The lowest BCUT2D eigenvalue weighted by Crippen LogP contribution is -2.13. The minimum absolute atomic E-state index is 0.145. The van der Waals surface area contributed by atoms with Crippen LogP contribution in [0.25, 0.3) is 0 Å². The van der Waals surface area contributed by atoms with Gasteiger partial charge in [-0.2, -0.15) is 0 Å². The Kier molecular flexibility index (Phi) is 2.34. The highest BCUT2D eigenvalue weighted by molar-refractivity contribution is 14.1. The fourth-order valence-electron chi connectivity index (χ4n) is 0.573. The molecule has 0 radical (unpaired) electrons. The fourth-order valence-corrected chi connectivity index (χ4v) is 1.16. The van der Waals surface area contributed by atoms with Gasteiger partial charge in [-0.3, -0.25) is 9.59 Å². The zero-order valence-corrected chi connectivity index (χ0v) is 8.01. The van der Waals surface area contributed by atoms with Crippen molar-refractivity contribution in [3.05, 3.63) is 20.4 Å². The first-order valence-electron chi connectivity index (χ1n) is 2.59. The average molecular weight is 284 g/mol. The molecule has 1 aliphatic rings. The monoisotopic (exact) mass is 284 g/mol. The van der Waals surface area contributed by atoms with Gasteiger partial charge in [0.05, 0.1) is 3.58 Å². The van der Waals surface area contributed by atoms with E-state index in [4.69, 9.17) is 16.7 Å². The van der Waals surface area contributed by atoms with Crippen molar-refractivity contribution >= 4 is 45.8 Å². The van der Waals surface area contributed by atoms with E-state index in [1.165, 1.54) is 0 Å². The SMILES string of the molecule is O=C1C=C(O)C(=O)C(Cl)=C1I. The summed E-state index contributed by atoms with van der Waals surface area (Å²) in [5.41, 5.74) is 0. The number of hydrogen-bond acceptors (Lipinski definition) is 3. The third-order valence-corrected chi connectivity index (χ3v) is 2.86. The minimum atomic E-state index is -0.698. The standard InChI is InChI=1S/C6H2ClIO3/c7-4-5(8)2(9)1-3(10)6(4)11/h1,10H. The lowest BCUT2D eigenvalue weighted by molar-refractivity contribution is -0.116. The molecule has 5 heteroatoms. The van der Waals surface area contributed by atoms with Crippen LogP contribution in [0.15, 0.2) is 20.4 Å². The number of ketones is 2. The van der Waals surface area contributed by atoms with Gasteiger partial charge in [0.2, 0.25) is 5.78 Å². The second-order valence-corrected chi connectivity index (χ2v) is 3.31. The van der Waals surface area contributed by atoms with Crippen LogP contribution in [0.2, 0.25) is 0 Å². The van der Waals surface area contributed by atoms with Gasteiger partial charge in [-0.25, -0.2) is 0 Å². The average Bonchev–Trinajstić information content (AvgIpc) is 1.97. The summed E-state index contributed by atoms with van der Waals surface area (Å²) >= 11 is 7.06. The predicted octanol–water partition coefficient (Wildman–Crippen LogP) is 1.47. The Morgan fingerprint density at radius 3 is 2.55 bits per heavy atom. The number of aliphatic hydroxyl groups is 1. The van der Waals surface area contributed by atoms with Crippen LogP contribution in [0.4, 0.5) is 0 Å². The van der Waals surface area contributed by atoms with Crippen LogP contribution in [0, 0.1) is 0 Å². The van der Waals surface area contributed by atoms with Crippen LogP contribution < -0.4 is 0 Å². The molecule has 0 aliphatic heterocycles. The quantitative estimate of drug-likeness (QED) is 0.541. The first-order valence-corrected chi connectivity index (χ1v) is 4.04. The van der Waals surface area contributed by atoms with E-state index in [1.54, 1.807) is 22.6 Å². The van der Waals surface area contributed by atoms with E-state index in [9.17, 15) is 9.59 Å². The molecule has 0 aromatic rings. The van der Waals surface area contributed by atoms with Crippen molar-refractivity contribution in [3.63, 3.8) is 0 Å². The lowest BCUT2D eigenvalue weighted by atomic mass is 10.1. The van der Waals surface area contributed by atoms with E-state index in [-0.39, 0.29) is 8.61 Å². The summed E-state index contributed by atoms with van der Waals surface area (Å²) in [7, 11) is 0. The van der Waals surface area contributed by atoms with E-state index in [0.717, 1.165) is 6.08 Å². The van der Waals surface area contributed by atoms with Gasteiger partial charge in [0.25, 0.3) is 0 Å². The summed E-state index contributed by atoms with van der Waals surface area (Å²) in [5, 5.41) is 8.59. The van der Waals surface area contributed by atoms with E-state index in [1.807, 2.05) is 0 Å². The number of carbonyl (C=O) groups excluding carboxylic acids is 2. The van der Waals surface area contributed by atoms with Crippen molar-refractivity contribution in [3.8, 4) is 0 Å². The molecule has 0 aromatic carbocycles. The Hall–Kier alpha value is -0.360. The molecular weight excluding hydrogens is 282 g/mol. The van der Waals surface area contributed by atoms with E-state index >= 15 is 0 Å². The molecule has 58 valence electrons. The van der Waals surface area contributed by atoms with Gasteiger partial charge >= 0.3 is 0 Å². The number of aliphatic hydroxyl groups excluding tert-OH is 1. The van der Waals surface area contributed by atoms with Crippen molar-refractivity contribution in [2.75, 3.05) is 0 Å². The summed E-state index contributed by atoms with van der Waals surface area (Å²) in [4.78, 5) is 21.6. The molecule has 0 fully saturated rings. The number of rotatable bonds is 0. The van der Waals surface area contributed by atoms with Crippen LogP contribution in [-0.2, 0) is 9.59 Å². The van der Waals surface area contributed by atoms with Crippen molar-refractivity contribution in [2.24, 2.45) is 0 Å². The van der Waals surface area contributed by atoms with Gasteiger partial charge < -0.3 is 5.11 Å². The number of halogens is 2. The van der Waals surface area contributed by atoms with Crippen molar-refractivity contribution < 1.29 is 14.7 Å². The molecule has 0 heterocycles. The van der Waals surface area contributed by atoms with Crippen LogP contribution >= 0.6 is 34.2 Å². The minimum Gasteiger partial charge on any atom is -0.504 e. The Morgan fingerprint density at radius 2 is 2.00 bits per heavy atom. The number of hydrogen-bond donors (Lipinski definition) is 1. The zero-order valence-electron chi connectivity index (χ0n) is 5.10. The van der Waals surface area contributed by atoms with Gasteiger partial charge in [-0.05, 0) is 22.6 Å². The zero-order chi connectivity index (χ0) is 8.59. The summed E-state index contributed by atoms with van der Waals surface area (Å²) in [6, 6.07) is 0. The molecule has 0 saturated carbocycles. The molecule has 0 aromatic heterocycles. The number of allylic oxidation sites excluding steroid dienone is 3. The van der Waals surface area contributed by atoms with Gasteiger partial charge in [0, 0.05) is 6.08 Å². The molecule has 1 N–H and O–H groups in total. The number of Topliss-reactive ketones (excluding diaryl/α,β-unsaturated/α-hetero) is 1. The fraction of sp³-hybridized carbons (Fsp3) is 0. The van der Waals surface area contributed by atoms with Crippen LogP contribution in [-0.4, -0.2) is 16.7 Å². The van der Waals surface area contributed by atoms with Crippen molar-refractivity contribution in [1.82, 2.24) is 0 Å². The van der Waals surface area contributed by atoms with E-state index < -0.39 is 17.3 Å². The van der Waals surface area contributed by atoms with Crippen LogP contribution in [0.5, 0.6) is 0 Å². The Labute approximate surface area is 80.9 Å². The molecule has 0 spiro atoms. The summed E-state index contributed by atoms with van der Waals surface area (Å²) in [6.45, 7) is 0. The molecule has 0 bridgehead atoms. The first kappa shape index (κ1) is 8.73. The highest BCUT2D eigenvalue weighted by atomic mass is 127. The summed E-state index contributed by atoms with van der Waals surface area (Å²) < 4.78 is 0.145. The van der Waals surface area contributed by atoms with E-state index in [2.05, 4.69) is 0 Å². The molecule has 3 nitrogen and oxygen atoms in total. The highest BCUT2D eigenvalue weighted by Gasteiger charge is 2.25. The van der Waals surface area contributed by atoms with Gasteiger partial charge in [-0.1, -0.05) is 11.6 Å². The molecule has 1 aliphatic carbocycles. The van der Waals surface area contributed by atoms with Gasteiger partial charge in [0.1, 0.15) is 5.03 Å².